The Morgan fingerprint density at radius 2 is 1.62 bits per heavy atom. The molecule has 0 unspecified atom stereocenters. The summed E-state index contributed by atoms with van der Waals surface area (Å²) < 4.78 is 67.2. The van der Waals surface area contributed by atoms with E-state index in [1.54, 1.807) is 0 Å². The molecular weight excluding hydrogens is 317 g/mol. The topological polar surface area (TPSA) is 38.3 Å². The number of benzene rings is 1. The Balaban J connectivity index is 2.85. The number of halogens is 5. The second kappa shape index (κ2) is 4.57. The molecule has 1 rings (SSSR count). The van der Waals surface area contributed by atoms with Crippen molar-refractivity contribution in [3.8, 4) is 0 Å². The second-order valence-electron chi connectivity index (χ2n) is 5.08. The maximum Gasteiger partial charge on any atom is 0.325 e. The van der Waals surface area contributed by atoms with E-state index in [0.29, 0.717) is 17.7 Å². The van der Waals surface area contributed by atoms with Crippen LogP contribution in [0.2, 0.25) is 0 Å². The number of hydrogen-bond donors (Lipinski definition) is 1. The van der Waals surface area contributed by atoms with Gasteiger partial charge in [0.2, 0.25) is 0 Å². The van der Waals surface area contributed by atoms with Crippen LogP contribution >= 0.6 is 10.2 Å². The minimum atomic E-state index is -9.64. The minimum Gasteiger partial charge on any atom is -0.468 e. The van der Waals surface area contributed by atoms with Crippen molar-refractivity contribution in [3.63, 3.8) is 0 Å². The van der Waals surface area contributed by atoms with Crippen molar-refractivity contribution in [1.29, 1.82) is 0 Å². The summed E-state index contributed by atoms with van der Waals surface area (Å²) in [7, 11) is -8.43. The molecule has 0 aromatic heterocycles. The highest BCUT2D eigenvalue weighted by Gasteiger charge is 2.65. The number of nitrogens with one attached hydrogen (secondary N) is 1. The van der Waals surface area contributed by atoms with Crippen LogP contribution in [0.25, 0.3) is 0 Å². The average Bonchev–Trinajstić information content (AvgIpc) is 2.33. The Morgan fingerprint density at radius 3 is 2.00 bits per heavy atom. The molecule has 122 valence electrons. The quantitative estimate of drug-likeness (QED) is 0.642. The smallest absolute Gasteiger partial charge is 0.325 e. The molecule has 0 saturated carbocycles. The maximum absolute atomic E-state index is 12.5. The van der Waals surface area contributed by atoms with E-state index in [1.807, 2.05) is 0 Å². The van der Waals surface area contributed by atoms with Crippen molar-refractivity contribution < 1.29 is 29.0 Å². The molecule has 0 aliphatic heterocycles. The molecule has 9 heteroatoms. The van der Waals surface area contributed by atoms with Crippen molar-refractivity contribution in [2.75, 3.05) is 7.11 Å². The van der Waals surface area contributed by atoms with Gasteiger partial charge < -0.3 is 4.74 Å². The largest absolute Gasteiger partial charge is 0.468 e. The van der Waals surface area contributed by atoms with Crippen LogP contribution in [0, 0.1) is 0 Å². The molecule has 0 aliphatic carbocycles. The monoisotopic (exact) mass is 333 g/mol. The molecule has 21 heavy (non-hydrogen) atoms. The van der Waals surface area contributed by atoms with Crippen LogP contribution in [0.1, 0.15) is 19.4 Å². The number of methoxy groups -OCH3 is 1. The van der Waals surface area contributed by atoms with Gasteiger partial charge in [-0.15, -0.1) is 0 Å². The molecule has 0 radical (unpaired) electrons. The molecule has 0 atom stereocenters. The van der Waals surface area contributed by atoms with E-state index >= 15 is 0 Å². The molecule has 0 bridgehead atoms. The fourth-order valence-corrected chi connectivity index (χ4v) is 2.17. The molecule has 3 nitrogen and oxygen atoms in total. The van der Waals surface area contributed by atoms with Crippen LogP contribution < -0.4 is 5.32 Å². The summed E-state index contributed by atoms with van der Waals surface area (Å²) in [6.45, 7) is 3.09. The van der Waals surface area contributed by atoms with Gasteiger partial charge in [-0.2, -0.15) is 0 Å². The lowest BCUT2D eigenvalue weighted by atomic mass is 10.1. The van der Waals surface area contributed by atoms with E-state index < -0.39 is 26.6 Å². The van der Waals surface area contributed by atoms with E-state index in [1.165, 1.54) is 21.0 Å². The highest BCUT2D eigenvalue weighted by molar-refractivity contribution is 8.45. The summed E-state index contributed by atoms with van der Waals surface area (Å²) in [5, 5.41) is 2.77. The summed E-state index contributed by atoms with van der Waals surface area (Å²) in [5.41, 5.74) is -0.717. The van der Waals surface area contributed by atoms with Crippen LogP contribution in [0.3, 0.4) is 0 Å². The van der Waals surface area contributed by atoms with E-state index in [9.17, 15) is 24.2 Å². The van der Waals surface area contributed by atoms with E-state index in [4.69, 9.17) is 0 Å². The van der Waals surface area contributed by atoms with Crippen LogP contribution in [-0.4, -0.2) is 18.6 Å². The third kappa shape index (κ3) is 4.85. The number of carbonyl (C=O) groups excluding carboxylic acids is 1. The van der Waals surface area contributed by atoms with Gasteiger partial charge in [0, 0.05) is 6.54 Å². The van der Waals surface area contributed by atoms with E-state index in [-0.39, 0.29) is 6.54 Å². The molecule has 0 amide bonds. The van der Waals surface area contributed by atoms with Crippen LogP contribution in [-0.2, 0) is 16.1 Å². The molecular formula is C12H16F5NO2S. The summed E-state index contributed by atoms with van der Waals surface area (Å²) in [4.78, 5) is 9.46. The minimum absolute atomic E-state index is 0.0305. The zero-order chi connectivity index (χ0) is 16.6. The van der Waals surface area contributed by atoms with Crippen LogP contribution in [0.4, 0.5) is 19.4 Å². The molecule has 0 aliphatic rings. The van der Waals surface area contributed by atoms with Gasteiger partial charge in [-0.25, -0.2) is 0 Å². The highest BCUT2D eigenvalue weighted by Crippen LogP contribution is 3.02. The van der Waals surface area contributed by atoms with E-state index in [0.717, 1.165) is 12.1 Å². The zero-order valence-corrected chi connectivity index (χ0v) is 12.4. The van der Waals surface area contributed by atoms with Crippen LogP contribution in [0.15, 0.2) is 29.2 Å². The number of ether oxygens (including phenoxy) is 1. The lowest BCUT2D eigenvalue weighted by Gasteiger charge is -2.40. The number of hydrogen-bond acceptors (Lipinski definition) is 3. The third-order valence-electron chi connectivity index (χ3n) is 2.80. The molecule has 0 spiro atoms. The van der Waals surface area contributed by atoms with Gasteiger partial charge >= 0.3 is 16.2 Å². The summed E-state index contributed by atoms with van der Waals surface area (Å²) in [5.74, 6) is -0.550. The van der Waals surface area contributed by atoms with Gasteiger partial charge in [0.15, 0.2) is 0 Å². The van der Waals surface area contributed by atoms with Crippen molar-refractivity contribution >= 4 is 16.2 Å². The Morgan fingerprint density at radius 1 is 1.14 bits per heavy atom. The Kier molecular flexibility index (Phi) is 3.85. The molecule has 0 fully saturated rings. The third-order valence-corrected chi connectivity index (χ3v) is 3.96. The Hall–Kier alpha value is -1.35. The normalized spacial score (nSPS) is 16.0. The number of esters is 1. The first-order chi connectivity index (χ1) is 9.15. The van der Waals surface area contributed by atoms with Gasteiger partial charge in [-0.3, -0.25) is 10.1 Å². The van der Waals surface area contributed by atoms with Gasteiger partial charge in [-0.1, -0.05) is 31.6 Å². The molecule has 1 aromatic rings. The molecule has 0 saturated heterocycles. The SMILES string of the molecule is COC(=O)C(C)(C)NCc1ccc(S(F)(F)(F)(F)F)cc1. The first kappa shape index (κ1) is 17.7. The molecule has 0 heterocycles. The van der Waals surface area contributed by atoms with E-state index in [2.05, 4.69) is 10.1 Å². The molecule has 1 aromatic carbocycles. The van der Waals surface area contributed by atoms with Crippen molar-refractivity contribution in [1.82, 2.24) is 5.32 Å². The fraction of sp³-hybridized carbons (Fsp3) is 0.417. The van der Waals surface area contributed by atoms with Crippen LogP contribution in [0.5, 0.6) is 0 Å². The number of carbonyl (C=O) groups is 1. The summed E-state index contributed by atoms with van der Waals surface area (Å²) in [6, 6.07) is 2.55. The van der Waals surface area contributed by atoms with Gasteiger partial charge in [0.25, 0.3) is 0 Å². The highest BCUT2D eigenvalue weighted by atomic mass is 32.5. The zero-order valence-electron chi connectivity index (χ0n) is 11.6. The Bertz CT molecular complexity index is 539. The van der Waals surface area contributed by atoms with Crippen molar-refractivity contribution in [2.24, 2.45) is 0 Å². The number of rotatable bonds is 5. The standard InChI is InChI=1S/C12H16F5NO2S/c1-12(2,11(19)20-3)18-8-9-4-6-10(7-5-9)21(13,14,15,16)17/h4-7,18H,8H2,1-3H3. The Labute approximate surface area is 119 Å². The fourth-order valence-electron chi connectivity index (χ4n) is 1.51. The second-order valence-corrected chi connectivity index (χ2v) is 7.49. The first-order valence-electron chi connectivity index (χ1n) is 5.82. The predicted molar refractivity (Wildman–Crippen MR) is 70.8 cm³/mol. The summed E-state index contributed by atoms with van der Waals surface area (Å²) in [6.07, 6.45) is 0. The van der Waals surface area contributed by atoms with Gasteiger partial charge in [0.1, 0.15) is 10.4 Å². The summed E-state index contributed by atoms with van der Waals surface area (Å²) >= 11 is 0. The average molecular weight is 333 g/mol. The van der Waals surface area contributed by atoms with Crippen molar-refractivity contribution in [2.45, 2.75) is 30.8 Å². The molecule has 1 N–H and O–H groups in total. The van der Waals surface area contributed by atoms with Crippen molar-refractivity contribution in [3.05, 3.63) is 29.8 Å². The lowest BCUT2D eigenvalue weighted by molar-refractivity contribution is -0.147. The first-order valence-corrected chi connectivity index (χ1v) is 7.77. The lowest BCUT2D eigenvalue weighted by Crippen LogP contribution is -2.46. The predicted octanol–water partition coefficient (Wildman–Crippen LogP) is 4.39. The van der Waals surface area contributed by atoms with Gasteiger partial charge in [-0.05, 0) is 31.5 Å². The maximum atomic E-state index is 12.5. The van der Waals surface area contributed by atoms with Gasteiger partial charge in [0.05, 0.1) is 7.11 Å².